The molecule has 0 fully saturated rings. The van der Waals surface area contributed by atoms with E-state index in [9.17, 15) is 22.8 Å². The van der Waals surface area contributed by atoms with Crippen LogP contribution < -0.4 is 15.4 Å². The third-order valence-corrected chi connectivity index (χ3v) is 4.48. The number of hydrogen-bond donors (Lipinski definition) is 3. The number of anilines is 2. The molecule has 0 aliphatic carbocycles. The summed E-state index contributed by atoms with van der Waals surface area (Å²) in [4.78, 5) is 36.8. The van der Waals surface area contributed by atoms with Crippen LogP contribution in [0.4, 0.5) is 16.2 Å². The van der Waals surface area contributed by atoms with Crippen molar-refractivity contribution in [3.05, 3.63) is 23.3 Å². The minimum Gasteiger partial charge on any atom is -0.331 e. The minimum atomic E-state index is -3.63. The smallest absolute Gasteiger partial charge is 0.321 e. The molecule has 10 heteroatoms. The molecular weight excluding hydrogens is 324 g/mol. The zero-order valence-corrected chi connectivity index (χ0v) is 13.6. The number of fused-ring (bicyclic) bond motifs is 1. The number of sulfonamides is 1. The van der Waals surface area contributed by atoms with Crippen molar-refractivity contribution in [1.82, 2.24) is 10.2 Å². The van der Waals surface area contributed by atoms with Gasteiger partial charge in [-0.05, 0) is 19.1 Å². The molecule has 1 aromatic carbocycles. The summed E-state index contributed by atoms with van der Waals surface area (Å²) in [7, 11) is -0.660. The summed E-state index contributed by atoms with van der Waals surface area (Å²) in [5.74, 6) is -1.48. The molecule has 0 atom stereocenters. The van der Waals surface area contributed by atoms with Crippen molar-refractivity contribution < 1.29 is 22.8 Å². The van der Waals surface area contributed by atoms with Gasteiger partial charge in [-0.3, -0.25) is 19.6 Å². The van der Waals surface area contributed by atoms with E-state index < -0.39 is 27.9 Å². The standard InChI is InChI=1S/C13H16N4O5S/c1-4-23(21,22)16-8-6-5-7-9(12(19)15-11(7)18)10(8)14-13(20)17(2)3/h5-6,16H,4H2,1-3H3,(H,14,20)(H,15,18,19). The number of urea groups is 1. The monoisotopic (exact) mass is 340 g/mol. The highest BCUT2D eigenvalue weighted by molar-refractivity contribution is 7.92. The van der Waals surface area contributed by atoms with Gasteiger partial charge >= 0.3 is 6.03 Å². The lowest BCUT2D eigenvalue weighted by atomic mass is 10.1. The van der Waals surface area contributed by atoms with Crippen molar-refractivity contribution >= 4 is 39.2 Å². The lowest BCUT2D eigenvalue weighted by Gasteiger charge is -2.18. The molecule has 124 valence electrons. The van der Waals surface area contributed by atoms with Crippen LogP contribution in [-0.2, 0) is 10.0 Å². The molecule has 1 aromatic rings. The predicted octanol–water partition coefficient (Wildman–Crippen LogP) is 0.425. The molecule has 1 aliphatic heterocycles. The fourth-order valence-electron chi connectivity index (χ4n) is 1.93. The van der Waals surface area contributed by atoms with Gasteiger partial charge in [0.2, 0.25) is 10.0 Å². The fraction of sp³-hybridized carbons (Fsp3) is 0.308. The Balaban J connectivity index is 2.59. The van der Waals surface area contributed by atoms with Gasteiger partial charge in [0.05, 0.1) is 28.3 Å². The van der Waals surface area contributed by atoms with Gasteiger partial charge in [0.25, 0.3) is 11.8 Å². The number of carbonyl (C=O) groups excluding carboxylic acids is 3. The van der Waals surface area contributed by atoms with Crippen molar-refractivity contribution in [2.75, 3.05) is 29.9 Å². The summed E-state index contributed by atoms with van der Waals surface area (Å²) < 4.78 is 25.9. The van der Waals surface area contributed by atoms with Crippen LogP contribution in [0.2, 0.25) is 0 Å². The predicted molar refractivity (Wildman–Crippen MR) is 84.0 cm³/mol. The molecule has 0 aromatic heterocycles. The minimum absolute atomic E-state index is 0.0191. The van der Waals surface area contributed by atoms with Gasteiger partial charge in [-0.15, -0.1) is 0 Å². The van der Waals surface area contributed by atoms with Crippen LogP contribution in [0, 0.1) is 0 Å². The van der Waals surface area contributed by atoms with Crippen molar-refractivity contribution in [1.29, 1.82) is 0 Å². The third kappa shape index (κ3) is 3.26. The van der Waals surface area contributed by atoms with Gasteiger partial charge in [-0.25, -0.2) is 13.2 Å². The Kier molecular flexibility index (Phi) is 4.28. The highest BCUT2D eigenvalue weighted by atomic mass is 32.2. The number of carbonyl (C=O) groups is 3. The molecular formula is C13H16N4O5S. The summed E-state index contributed by atoms with van der Waals surface area (Å²) in [6, 6.07) is 2.09. The average Bonchev–Trinajstić information content (AvgIpc) is 2.75. The second-order valence-electron chi connectivity index (χ2n) is 5.02. The maximum absolute atomic E-state index is 12.0. The summed E-state index contributed by atoms with van der Waals surface area (Å²) in [6.07, 6.45) is 0. The van der Waals surface area contributed by atoms with E-state index in [1.54, 1.807) is 0 Å². The third-order valence-electron chi connectivity index (χ3n) is 3.19. The van der Waals surface area contributed by atoms with E-state index in [0.717, 1.165) is 0 Å². The van der Waals surface area contributed by atoms with E-state index in [-0.39, 0.29) is 28.3 Å². The molecule has 23 heavy (non-hydrogen) atoms. The molecule has 0 spiro atoms. The Labute approximate surface area is 133 Å². The van der Waals surface area contributed by atoms with Crippen LogP contribution in [0.5, 0.6) is 0 Å². The van der Waals surface area contributed by atoms with Crippen LogP contribution in [0.1, 0.15) is 27.6 Å². The van der Waals surface area contributed by atoms with Crippen molar-refractivity contribution in [3.8, 4) is 0 Å². The second-order valence-corrected chi connectivity index (χ2v) is 7.03. The topological polar surface area (TPSA) is 125 Å². The first-order valence-electron chi connectivity index (χ1n) is 6.67. The maximum atomic E-state index is 12.0. The van der Waals surface area contributed by atoms with Crippen LogP contribution in [0.15, 0.2) is 12.1 Å². The van der Waals surface area contributed by atoms with Gasteiger partial charge in [-0.2, -0.15) is 0 Å². The number of hydrogen-bond acceptors (Lipinski definition) is 5. The summed E-state index contributed by atoms with van der Waals surface area (Å²) in [5, 5.41) is 4.56. The molecule has 0 bridgehead atoms. The van der Waals surface area contributed by atoms with E-state index >= 15 is 0 Å². The number of rotatable bonds is 4. The number of amides is 4. The number of imide groups is 1. The molecule has 1 heterocycles. The van der Waals surface area contributed by atoms with Crippen molar-refractivity contribution in [3.63, 3.8) is 0 Å². The van der Waals surface area contributed by atoms with Gasteiger partial charge in [0.15, 0.2) is 0 Å². The SMILES string of the molecule is CCS(=O)(=O)Nc1ccc2c(c1NC(=O)N(C)C)C(=O)NC2=O. The number of nitrogens with zero attached hydrogens (tertiary/aromatic N) is 1. The molecule has 9 nitrogen and oxygen atoms in total. The van der Waals surface area contributed by atoms with Gasteiger partial charge in [0, 0.05) is 14.1 Å². The lowest BCUT2D eigenvalue weighted by molar-refractivity contribution is 0.0880. The van der Waals surface area contributed by atoms with Gasteiger partial charge in [-0.1, -0.05) is 0 Å². The largest absolute Gasteiger partial charge is 0.331 e. The molecule has 2 rings (SSSR count). The lowest BCUT2D eigenvalue weighted by Crippen LogP contribution is -2.29. The maximum Gasteiger partial charge on any atom is 0.321 e. The molecule has 0 radical (unpaired) electrons. The Morgan fingerprint density at radius 1 is 1.22 bits per heavy atom. The Hall–Kier alpha value is -2.62. The highest BCUT2D eigenvalue weighted by Crippen LogP contribution is 2.33. The van der Waals surface area contributed by atoms with E-state index in [1.165, 1.54) is 38.1 Å². The van der Waals surface area contributed by atoms with Gasteiger partial charge < -0.3 is 10.2 Å². The molecule has 1 aliphatic rings. The molecule has 0 unspecified atom stereocenters. The van der Waals surface area contributed by atoms with E-state index in [1.807, 2.05) is 0 Å². The first-order chi connectivity index (χ1) is 10.7. The van der Waals surface area contributed by atoms with Gasteiger partial charge in [0.1, 0.15) is 0 Å². The van der Waals surface area contributed by atoms with E-state index in [4.69, 9.17) is 0 Å². The van der Waals surface area contributed by atoms with Crippen LogP contribution in [0.25, 0.3) is 0 Å². The van der Waals surface area contributed by atoms with Crippen LogP contribution in [0.3, 0.4) is 0 Å². The Bertz CT molecular complexity index is 801. The summed E-state index contributed by atoms with van der Waals surface area (Å²) in [6.45, 7) is 1.45. The zero-order chi connectivity index (χ0) is 17.4. The molecule has 0 saturated heterocycles. The molecule has 3 N–H and O–H groups in total. The molecule has 0 saturated carbocycles. The Morgan fingerprint density at radius 2 is 1.87 bits per heavy atom. The zero-order valence-electron chi connectivity index (χ0n) is 12.8. The van der Waals surface area contributed by atoms with Crippen LogP contribution in [-0.4, -0.2) is 51.0 Å². The van der Waals surface area contributed by atoms with Crippen LogP contribution >= 0.6 is 0 Å². The quantitative estimate of drug-likeness (QED) is 0.685. The fourth-order valence-corrected chi connectivity index (χ4v) is 2.58. The highest BCUT2D eigenvalue weighted by Gasteiger charge is 2.32. The Morgan fingerprint density at radius 3 is 2.43 bits per heavy atom. The van der Waals surface area contributed by atoms with Crippen molar-refractivity contribution in [2.45, 2.75) is 6.92 Å². The van der Waals surface area contributed by atoms with Crippen molar-refractivity contribution in [2.24, 2.45) is 0 Å². The van der Waals surface area contributed by atoms with E-state index in [2.05, 4.69) is 15.4 Å². The summed E-state index contributed by atoms with van der Waals surface area (Å²) in [5.41, 5.74) is -0.0303. The number of benzene rings is 1. The first kappa shape index (κ1) is 16.7. The summed E-state index contributed by atoms with van der Waals surface area (Å²) >= 11 is 0. The number of nitrogens with one attached hydrogen (secondary N) is 3. The second kappa shape index (κ2) is 5.88. The normalized spacial score (nSPS) is 13.3. The first-order valence-corrected chi connectivity index (χ1v) is 8.33. The molecule has 4 amide bonds. The average molecular weight is 340 g/mol. The van der Waals surface area contributed by atoms with E-state index in [0.29, 0.717) is 0 Å².